The Kier molecular flexibility index (Phi) is 4.99. The lowest BCUT2D eigenvalue weighted by Crippen LogP contribution is -2.34. The Labute approximate surface area is 203 Å². The van der Waals surface area contributed by atoms with Gasteiger partial charge in [-0.1, -0.05) is 30.3 Å². The van der Waals surface area contributed by atoms with Crippen molar-refractivity contribution in [3.63, 3.8) is 0 Å². The van der Waals surface area contributed by atoms with Crippen LogP contribution in [0.3, 0.4) is 0 Å². The van der Waals surface area contributed by atoms with Crippen molar-refractivity contribution in [3.05, 3.63) is 77.1 Å². The second kappa shape index (κ2) is 8.08. The Hall–Kier alpha value is -3.93. The number of aromatic nitrogens is 2. The molecule has 0 saturated heterocycles. The Morgan fingerprint density at radius 1 is 1.14 bits per heavy atom. The number of amides is 1. The van der Waals surface area contributed by atoms with Gasteiger partial charge in [0, 0.05) is 47.1 Å². The van der Waals surface area contributed by atoms with Crippen molar-refractivity contribution in [1.82, 2.24) is 14.9 Å². The molecule has 4 aromatic rings. The minimum atomic E-state index is -0.838. The van der Waals surface area contributed by atoms with Crippen LogP contribution in [-0.4, -0.2) is 37.9 Å². The van der Waals surface area contributed by atoms with E-state index >= 15 is 0 Å². The third-order valence-corrected chi connectivity index (χ3v) is 7.51. The molecule has 6 rings (SSSR count). The molecule has 2 aromatic heterocycles. The SMILES string of the molecule is Cc1cc(-c2cnc3[nH]cc(-c4ccc(CC(=O)O)cc4)c3c2)cc2c1C(=O)N([C@@H](C)C1CC1)C2. The molecule has 2 aromatic carbocycles. The van der Waals surface area contributed by atoms with Crippen LogP contribution in [0.5, 0.6) is 0 Å². The zero-order chi connectivity index (χ0) is 24.3. The zero-order valence-corrected chi connectivity index (χ0v) is 19.8. The molecular formula is C29H27N3O3. The van der Waals surface area contributed by atoms with Crippen molar-refractivity contribution in [2.24, 2.45) is 5.92 Å². The number of rotatable bonds is 6. The molecule has 1 atom stereocenters. The number of carboxylic acids is 1. The van der Waals surface area contributed by atoms with Gasteiger partial charge in [0.1, 0.15) is 5.65 Å². The number of hydrogen-bond donors (Lipinski definition) is 2. The first kappa shape index (κ1) is 21.6. The number of aliphatic carboxylic acids is 1. The highest BCUT2D eigenvalue weighted by molar-refractivity contribution is 6.01. The van der Waals surface area contributed by atoms with E-state index in [1.165, 1.54) is 12.8 Å². The van der Waals surface area contributed by atoms with E-state index in [0.717, 1.165) is 55.5 Å². The van der Waals surface area contributed by atoms with Crippen LogP contribution in [0.2, 0.25) is 0 Å². The summed E-state index contributed by atoms with van der Waals surface area (Å²) in [5.41, 5.74) is 8.64. The van der Waals surface area contributed by atoms with Gasteiger partial charge < -0.3 is 15.0 Å². The van der Waals surface area contributed by atoms with Crippen LogP contribution in [0.15, 0.2) is 54.9 Å². The van der Waals surface area contributed by atoms with Gasteiger partial charge >= 0.3 is 5.97 Å². The molecule has 1 aliphatic heterocycles. The van der Waals surface area contributed by atoms with E-state index in [9.17, 15) is 9.59 Å². The van der Waals surface area contributed by atoms with Crippen LogP contribution in [0.1, 0.15) is 46.8 Å². The van der Waals surface area contributed by atoms with Gasteiger partial charge in [0.05, 0.1) is 6.42 Å². The van der Waals surface area contributed by atoms with Gasteiger partial charge in [-0.05, 0) is 72.6 Å². The van der Waals surface area contributed by atoms with E-state index in [1.54, 1.807) is 0 Å². The molecule has 3 heterocycles. The van der Waals surface area contributed by atoms with Crippen molar-refractivity contribution in [1.29, 1.82) is 0 Å². The fourth-order valence-corrected chi connectivity index (χ4v) is 5.40. The van der Waals surface area contributed by atoms with E-state index in [0.29, 0.717) is 18.5 Å². The Balaban J connectivity index is 1.35. The summed E-state index contributed by atoms with van der Waals surface area (Å²) < 4.78 is 0. The molecule has 0 unspecified atom stereocenters. The molecule has 0 spiro atoms. The van der Waals surface area contributed by atoms with Gasteiger partial charge in [0.15, 0.2) is 0 Å². The van der Waals surface area contributed by atoms with E-state index in [2.05, 4.69) is 35.1 Å². The maximum absolute atomic E-state index is 13.1. The molecule has 0 radical (unpaired) electrons. The highest BCUT2D eigenvalue weighted by Crippen LogP contribution is 2.40. The third-order valence-electron chi connectivity index (χ3n) is 7.51. The lowest BCUT2D eigenvalue weighted by molar-refractivity contribution is -0.136. The average molecular weight is 466 g/mol. The number of aromatic amines is 1. The van der Waals surface area contributed by atoms with Crippen molar-refractivity contribution in [2.45, 2.75) is 45.7 Å². The normalized spacial score (nSPS) is 16.1. The van der Waals surface area contributed by atoms with Crippen molar-refractivity contribution in [3.8, 4) is 22.3 Å². The van der Waals surface area contributed by atoms with Gasteiger partial charge in [-0.3, -0.25) is 9.59 Å². The van der Waals surface area contributed by atoms with Crippen LogP contribution in [0.25, 0.3) is 33.3 Å². The minimum absolute atomic E-state index is 0.0108. The molecule has 1 aliphatic carbocycles. The summed E-state index contributed by atoms with van der Waals surface area (Å²) in [6.07, 6.45) is 6.27. The summed E-state index contributed by atoms with van der Waals surface area (Å²) in [4.78, 5) is 34.1. The van der Waals surface area contributed by atoms with Crippen LogP contribution >= 0.6 is 0 Å². The molecule has 6 heteroatoms. The number of pyridine rings is 1. The number of nitrogens with one attached hydrogen (secondary N) is 1. The first-order valence-electron chi connectivity index (χ1n) is 12.1. The largest absolute Gasteiger partial charge is 0.481 e. The third kappa shape index (κ3) is 3.79. The zero-order valence-electron chi connectivity index (χ0n) is 19.8. The van der Waals surface area contributed by atoms with E-state index < -0.39 is 5.97 Å². The Morgan fingerprint density at radius 3 is 2.63 bits per heavy atom. The van der Waals surface area contributed by atoms with Crippen LogP contribution in [0, 0.1) is 12.8 Å². The average Bonchev–Trinajstić information content (AvgIpc) is 3.52. The quantitative estimate of drug-likeness (QED) is 0.389. The van der Waals surface area contributed by atoms with E-state index in [1.807, 2.05) is 48.5 Å². The fraction of sp³-hybridized carbons (Fsp3) is 0.276. The number of aryl methyl sites for hydroxylation is 1. The number of H-pyrrole nitrogens is 1. The van der Waals surface area contributed by atoms with Crippen LogP contribution in [-0.2, 0) is 17.8 Å². The molecule has 176 valence electrons. The summed E-state index contributed by atoms with van der Waals surface area (Å²) in [5.74, 6) is -0.0312. The van der Waals surface area contributed by atoms with Crippen LogP contribution in [0.4, 0.5) is 0 Å². The first-order chi connectivity index (χ1) is 16.9. The van der Waals surface area contributed by atoms with Crippen molar-refractivity contribution in [2.75, 3.05) is 0 Å². The number of benzene rings is 2. The molecule has 1 fully saturated rings. The second-order valence-corrected chi connectivity index (χ2v) is 9.93. The smallest absolute Gasteiger partial charge is 0.307 e. The number of carbonyl (C=O) groups is 2. The number of nitrogens with zero attached hydrogens (tertiary/aromatic N) is 2. The first-order valence-corrected chi connectivity index (χ1v) is 12.1. The molecule has 2 N–H and O–H groups in total. The van der Waals surface area contributed by atoms with Gasteiger partial charge in [-0.25, -0.2) is 4.98 Å². The topological polar surface area (TPSA) is 86.3 Å². The second-order valence-electron chi connectivity index (χ2n) is 9.93. The summed E-state index contributed by atoms with van der Waals surface area (Å²) >= 11 is 0. The molecule has 2 aliphatic rings. The molecular weight excluding hydrogens is 438 g/mol. The summed E-state index contributed by atoms with van der Waals surface area (Å²) in [6, 6.07) is 14.3. The number of fused-ring (bicyclic) bond motifs is 2. The van der Waals surface area contributed by atoms with Crippen LogP contribution < -0.4 is 0 Å². The Bertz CT molecular complexity index is 1480. The molecule has 6 nitrogen and oxygen atoms in total. The predicted octanol–water partition coefficient (Wildman–Crippen LogP) is 5.59. The highest BCUT2D eigenvalue weighted by atomic mass is 16.4. The number of carboxylic acid groups (broad SMARTS) is 1. The van der Waals surface area contributed by atoms with Crippen molar-refractivity contribution >= 4 is 22.9 Å². The lowest BCUT2D eigenvalue weighted by Gasteiger charge is -2.24. The van der Waals surface area contributed by atoms with E-state index in [-0.39, 0.29) is 12.3 Å². The van der Waals surface area contributed by atoms with Gasteiger partial charge in [0.25, 0.3) is 5.91 Å². The fourth-order valence-electron chi connectivity index (χ4n) is 5.40. The summed E-state index contributed by atoms with van der Waals surface area (Å²) in [7, 11) is 0. The summed E-state index contributed by atoms with van der Waals surface area (Å²) in [6.45, 7) is 4.88. The molecule has 1 amide bonds. The Morgan fingerprint density at radius 2 is 1.91 bits per heavy atom. The highest BCUT2D eigenvalue weighted by Gasteiger charge is 2.39. The molecule has 1 saturated carbocycles. The maximum atomic E-state index is 13.1. The van der Waals surface area contributed by atoms with Gasteiger partial charge in [-0.2, -0.15) is 0 Å². The molecule has 0 bridgehead atoms. The lowest BCUT2D eigenvalue weighted by atomic mass is 9.96. The standard InChI is InChI=1S/C29H27N3O3/c1-16-9-21(11-23-15-32(29(35)27(16)23)17(2)19-7-8-19)22-12-24-25(14-31-28(24)30-13-22)20-5-3-18(4-6-20)10-26(33)34/h3-6,9,11-14,17,19H,7-8,10,15H2,1-2H3,(H,30,31)(H,33,34)/t17-/m0/s1. The van der Waals surface area contributed by atoms with E-state index in [4.69, 9.17) is 5.11 Å². The minimum Gasteiger partial charge on any atom is -0.481 e. The van der Waals surface area contributed by atoms with Gasteiger partial charge in [0.2, 0.25) is 0 Å². The van der Waals surface area contributed by atoms with Crippen molar-refractivity contribution < 1.29 is 14.7 Å². The van der Waals surface area contributed by atoms with Gasteiger partial charge in [-0.15, -0.1) is 0 Å². The number of carbonyl (C=O) groups excluding carboxylic acids is 1. The maximum Gasteiger partial charge on any atom is 0.307 e. The molecule has 35 heavy (non-hydrogen) atoms. The predicted molar refractivity (Wildman–Crippen MR) is 135 cm³/mol. The monoisotopic (exact) mass is 465 g/mol. The number of hydrogen-bond acceptors (Lipinski definition) is 3. The summed E-state index contributed by atoms with van der Waals surface area (Å²) in [5, 5.41) is 10.0.